The van der Waals surface area contributed by atoms with Gasteiger partial charge in [0, 0.05) is 19.1 Å². The van der Waals surface area contributed by atoms with Gasteiger partial charge in [0.1, 0.15) is 0 Å². The lowest BCUT2D eigenvalue weighted by molar-refractivity contribution is -0.136. The van der Waals surface area contributed by atoms with Gasteiger partial charge in [0.25, 0.3) is 0 Å². The normalized spacial score (nSPS) is 18.1. The summed E-state index contributed by atoms with van der Waals surface area (Å²) in [4.78, 5) is 14.0. The lowest BCUT2D eigenvalue weighted by Gasteiger charge is -2.22. The van der Waals surface area contributed by atoms with Crippen LogP contribution in [-0.4, -0.2) is 16.8 Å². The molecule has 1 aromatic rings. The molecule has 1 aliphatic heterocycles. The maximum atomic E-state index is 12.1. The van der Waals surface area contributed by atoms with Gasteiger partial charge in [-0.2, -0.15) is 0 Å². The molecule has 0 aliphatic carbocycles. The zero-order chi connectivity index (χ0) is 11.7. The van der Waals surface area contributed by atoms with Crippen molar-refractivity contribution in [3.8, 4) is 0 Å². The van der Waals surface area contributed by atoms with Crippen molar-refractivity contribution in [3.05, 3.63) is 35.4 Å². The number of rotatable bonds is 2. The second-order valence-corrected chi connectivity index (χ2v) is 4.61. The van der Waals surface area contributed by atoms with Crippen LogP contribution < -0.4 is 5.73 Å². The number of nitrogens with two attached hydrogens (primary N) is 1. The van der Waals surface area contributed by atoms with Crippen molar-refractivity contribution in [3.63, 3.8) is 0 Å². The Kier molecular flexibility index (Phi) is 2.97. The summed E-state index contributed by atoms with van der Waals surface area (Å²) < 4.78 is 0. The molecule has 1 heterocycles. The van der Waals surface area contributed by atoms with Crippen LogP contribution in [0.5, 0.6) is 0 Å². The quantitative estimate of drug-likeness (QED) is 0.818. The highest BCUT2D eigenvalue weighted by atomic mass is 16.2. The highest BCUT2D eigenvalue weighted by Gasteiger charge is 2.27. The van der Waals surface area contributed by atoms with E-state index < -0.39 is 0 Å². The Labute approximate surface area is 96.2 Å². The van der Waals surface area contributed by atoms with Crippen LogP contribution in [0.1, 0.15) is 25.0 Å². The largest absolute Gasteiger partial charge is 0.334 e. The highest BCUT2D eigenvalue weighted by Crippen LogP contribution is 2.24. The fourth-order valence-corrected chi connectivity index (χ4v) is 2.00. The highest BCUT2D eigenvalue weighted by molar-refractivity contribution is 5.79. The van der Waals surface area contributed by atoms with E-state index in [1.54, 1.807) is 0 Å². The van der Waals surface area contributed by atoms with Gasteiger partial charge >= 0.3 is 0 Å². The van der Waals surface area contributed by atoms with E-state index in [1.165, 1.54) is 11.1 Å². The van der Waals surface area contributed by atoms with Gasteiger partial charge in [-0.15, -0.1) is 0 Å². The molecule has 0 fully saturated rings. The molecule has 0 radical (unpaired) electrons. The second-order valence-electron chi connectivity index (χ2n) is 4.61. The SMILES string of the molecule is CC(N)C(C)C(=O)N1Cc2ccccc2C1. The Bertz CT molecular complexity index is 376. The molecule has 2 unspecified atom stereocenters. The average molecular weight is 218 g/mol. The molecule has 3 heteroatoms. The van der Waals surface area contributed by atoms with Crippen LogP contribution in [0.25, 0.3) is 0 Å². The van der Waals surface area contributed by atoms with E-state index in [-0.39, 0.29) is 17.9 Å². The van der Waals surface area contributed by atoms with Crippen LogP contribution in [0, 0.1) is 5.92 Å². The summed E-state index contributed by atoms with van der Waals surface area (Å²) in [6, 6.07) is 8.11. The van der Waals surface area contributed by atoms with Crippen LogP contribution in [0.2, 0.25) is 0 Å². The van der Waals surface area contributed by atoms with Crippen molar-refractivity contribution < 1.29 is 4.79 Å². The van der Waals surface area contributed by atoms with Crippen molar-refractivity contribution in [1.82, 2.24) is 4.90 Å². The van der Waals surface area contributed by atoms with E-state index in [0.29, 0.717) is 0 Å². The zero-order valence-electron chi connectivity index (χ0n) is 9.81. The van der Waals surface area contributed by atoms with Crippen LogP contribution >= 0.6 is 0 Å². The maximum Gasteiger partial charge on any atom is 0.227 e. The number of amides is 1. The van der Waals surface area contributed by atoms with Crippen molar-refractivity contribution in [2.75, 3.05) is 0 Å². The number of hydrogen-bond donors (Lipinski definition) is 1. The van der Waals surface area contributed by atoms with E-state index in [4.69, 9.17) is 5.73 Å². The Morgan fingerprint density at radius 3 is 2.19 bits per heavy atom. The second kappa shape index (κ2) is 4.26. The summed E-state index contributed by atoms with van der Waals surface area (Å²) >= 11 is 0. The molecular weight excluding hydrogens is 200 g/mol. The molecule has 0 spiro atoms. The lowest BCUT2D eigenvalue weighted by Crippen LogP contribution is -2.39. The van der Waals surface area contributed by atoms with Crippen LogP contribution in [0.3, 0.4) is 0 Å². The van der Waals surface area contributed by atoms with E-state index >= 15 is 0 Å². The standard InChI is InChI=1S/C13H18N2O/c1-9(10(2)14)13(16)15-7-11-5-3-4-6-12(11)8-15/h3-6,9-10H,7-8,14H2,1-2H3. The Morgan fingerprint density at radius 1 is 1.25 bits per heavy atom. The fourth-order valence-electron chi connectivity index (χ4n) is 2.00. The van der Waals surface area contributed by atoms with Gasteiger partial charge in [-0.3, -0.25) is 4.79 Å². The van der Waals surface area contributed by atoms with E-state index in [2.05, 4.69) is 12.1 Å². The predicted octanol–water partition coefficient (Wildman–Crippen LogP) is 1.51. The average Bonchev–Trinajstić information content (AvgIpc) is 2.70. The van der Waals surface area contributed by atoms with Gasteiger partial charge in [0.2, 0.25) is 5.91 Å². The number of carbonyl (C=O) groups is 1. The molecule has 16 heavy (non-hydrogen) atoms. The van der Waals surface area contributed by atoms with Crippen molar-refractivity contribution in [2.45, 2.75) is 33.0 Å². The smallest absolute Gasteiger partial charge is 0.227 e. The minimum atomic E-state index is -0.102. The molecule has 0 bridgehead atoms. The molecule has 1 aromatic carbocycles. The minimum Gasteiger partial charge on any atom is -0.334 e. The molecule has 0 aromatic heterocycles. The van der Waals surface area contributed by atoms with Crippen LogP contribution in [0.15, 0.2) is 24.3 Å². The molecule has 3 nitrogen and oxygen atoms in total. The monoisotopic (exact) mass is 218 g/mol. The first kappa shape index (κ1) is 11.1. The number of nitrogens with zero attached hydrogens (tertiary/aromatic N) is 1. The third-order valence-electron chi connectivity index (χ3n) is 3.33. The van der Waals surface area contributed by atoms with Crippen LogP contribution in [0.4, 0.5) is 0 Å². The predicted molar refractivity (Wildman–Crippen MR) is 63.5 cm³/mol. The Balaban J connectivity index is 2.09. The van der Waals surface area contributed by atoms with Gasteiger partial charge in [-0.25, -0.2) is 0 Å². The minimum absolute atomic E-state index is 0.0868. The summed E-state index contributed by atoms with van der Waals surface area (Å²) in [7, 11) is 0. The third-order valence-corrected chi connectivity index (χ3v) is 3.33. The van der Waals surface area contributed by atoms with Gasteiger partial charge in [0.15, 0.2) is 0 Å². The Morgan fingerprint density at radius 2 is 1.75 bits per heavy atom. The van der Waals surface area contributed by atoms with Crippen molar-refractivity contribution >= 4 is 5.91 Å². The summed E-state index contributed by atoms with van der Waals surface area (Å²) in [5, 5.41) is 0. The summed E-state index contributed by atoms with van der Waals surface area (Å²) in [6.45, 7) is 5.24. The van der Waals surface area contributed by atoms with E-state index in [0.717, 1.165) is 13.1 Å². The molecule has 86 valence electrons. The molecule has 0 saturated carbocycles. The maximum absolute atomic E-state index is 12.1. The molecule has 2 N–H and O–H groups in total. The first-order valence-electron chi connectivity index (χ1n) is 5.70. The first-order valence-corrected chi connectivity index (χ1v) is 5.70. The van der Waals surface area contributed by atoms with Crippen molar-refractivity contribution in [2.24, 2.45) is 11.7 Å². The number of carbonyl (C=O) groups excluding carboxylic acids is 1. The topological polar surface area (TPSA) is 46.3 Å². The molecule has 1 amide bonds. The van der Waals surface area contributed by atoms with Crippen LogP contribution in [-0.2, 0) is 17.9 Å². The first-order chi connectivity index (χ1) is 7.59. The summed E-state index contributed by atoms with van der Waals surface area (Å²) in [5.74, 6) is 0.0560. The van der Waals surface area contributed by atoms with Gasteiger partial charge in [-0.1, -0.05) is 31.2 Å². The third kappa shape index (κ3) is 1.95. The molecule has 2 rings (SSSR count). The van der Waals surface area contributed by atoms with Gasteiger partial charge < -0.3 is 10.6 Å². The zero-order valence-corrected chi connectivity index (χ0v) is 9.81. The van der Waals surface area contributed by atoms with Gasteiger partial charge in [0.05, 0.1) is 5.92 Å². The lowest BCUT2D eigenvalue weighted by atomic mass is 10.0. The number of hydrogen-bond acceptors (Lipinski definition) is 2. The molecule has 2 atom stereocenters. The molecule has 1 aliphatic rings. The summed E-state index contributed by atoms with van der Waals surface area (Å²) in [6.07, 6.45) is 0. The summed E-state index contributed by atoms with van der Waals surface area (Å²) in [5.41, 5.74) is 8.28. The fraction of sp³-hybridized carbons (Fsp3) is 0.462. The van der Waals surface area contributed by atoms with Crippen molar-refractivity contribution in [1.29, 1.82) is 0 Å². The molecule has 0 saturated heterocycles. The number of fused-ring (bicyclic) bond motifs is 1. The molecular formula is C13H18N2O. The number of benzene rings is 1. The van der Waals surface area contributed by atoms with E-state index in [1.807, 2.05) is 30.9 Å². The van der Waals surface area contributed by atoms with Gasteiger partial charge in [-0.05, 0) is 18.1 Å². The van der Waals surface area contributed by atoms with E-state index in [9.17, 15) is 4.79 Å². The Hall–Kier alpha value is -1.35.